The van der Waals surface area contributed by atoms with E-state index in [1.807, 2.05) is 18.2 Å². The molecule has 0 radical (unpaired) electrons. The van der Waals surface area contributed by atoms with E-state index < -0.39 is 0 Å². The quantitative estimate of drug-likeness (QED) is 0.907. The van der Waals surface area contributed by atoms with Crippen LogP contribution < -0.4 is 14.8 Å². The van der Waals surface area contributed by atoms with Crippen molar-refractivity contribution in [2.45, 2.75) is 26.4 Å². The molecule has 100 valence electrons. The van der Waals surface area contributed by atoms with Gasteiger partial charge in [0.25, 0.3) is 5.89 Å². The van der Waals surface area contributed by atoms with E-state index >= 15 is 0 Å². The minimum Gasteiger partial charge on any atom is -0.454 e. The number of hydrogen-bond acceptors (Lipinski definition) is 6. The zero-order chi connectivity index (χ0) is 13.2. The molecule has 1 aromatic carbocycles. The van der Waals surface area contributed by atoms with Crippen molar-refractivity contribution in [1.29, 1.82) is 0 Å². The van der Waals surface area contributed by atoms with Crippen LogP contribution in [0.1, 0.15) is 19.7 Å². The van der Waals surface area contributed by atoms with Crippen LogP contribution in [0.3, 0.4) is 0 Å². The highest BCUT2D eigenvalue weighted by molar-refractivity contribution is 5.60. The standard InChI is InChI=1S/C13H15N3O3/c1-8(2)14-6-12-15-13(19-16-12)9-3-4-10-11(5-9)18-7-17-10/h3-5,8,14H,6-7H2,1-2H3. The van der Waals surface area contributed by atoms with E-state index in [2.05, 4.69) is 29.3 Å². The van der Waals surface area contributed by atoms with Crippen molar-refractivity contribution in [3.8, 4) is 23.0 Å². The van der Waals surface area contributed by atoms with Crippen LogP contribution in [0, 0.1) is 0 Å². The Labute approximate surface area is 110 Å². The summed E-state index contributed by atoms with van der Waals surface area (Å²) >= 11 is 0. The number of benzene rings is 1. The Morgan fingerprint density at radius 3 is 2.95 bits per heavy atom. The van der Waals surface area contributed by atoms with E-state index in [-0.39, 0.29) is 6.79 Å². The number of nitrogens with one attached hydrogen (secondary N) is 1. The fourth-order valence-electron chi connectivity index (χ4n) is 1.77. The van der Waals surface area contributed by atoms with Gasteiger partial charge in [-0.05, 0) is 18.2 Å². The van der Waals surface area contributed by atoms with Gasteiger partial charge in [-0.3, -0.25) is 0 Å². The monoisotopic (exact) mass is 261 g/mol. The van der Waals surface area contributed by atoms with Crippen molar-refractivity contribution in [3.05, 3.63) is 24.0 Å². The summed E-state index contributed by atoms with van der Waals surface area (Å²) in [5, 5.41) is 7.18. The summed E-state index contributed by atoms with van der Waals surface area (Å²) in [7, 11) is 0. The Morgan fingerprint density at radius 2 is 2.11 bits per heavy atom. The molecule has 0 amide bonds. The van der Waals surface area contributed by atoms with E-state index in [9.17, 15) is 0 Å². The van der Waals surface area contributed by atoms with Gasteiger partial charge in [-0.25, -0.2) is 0 Å². The molecule has 0 atom stereocenters. The molecule has 0 saturated carbocycles. The Bertz CT molecular complexity index is 580. The zero-order valence-corrected chi connectivity index (χ0v) is 10.8. The Hall–Kier alpha value is -2.08. The van der Waals surface area contributed by atoms with Gasteiger partial charge in [0, 0.05) is 11.6 Å². The van der Waals surface area contributed by atoms with Gasteiger partial charge < -0.3 is 19.3 Å². The molecule has 1 N–H and O–H groups in total. The second-order valence-electron chi connectivity index (χ2n) is 4.62. The van der Waals surface area contributed by atoms with Gasteiger partial charge in [0.15, 0.2) is 17.3 Å². The van der Waals surface area contributed by atoms with Crippen LogP contribution in [0.2, 0.25) is 0 Å². The molecule has 2 aromatic rings. The van der Waals surface area contributed by atoms with Crippen molar-refractivity contribution in [3.63, 3.8) is 0 Å². The van der Waals surface area contributed by atoms with Crippen LogP contribution in [0.25, 0.3) is 11.5 Å². The fourth-order valence-corrected chi connectivity index (χ4v) is 1.77. The molecule has 0 bridgehead atoms. The van der Waals surface area contributed by atoms with Gasteiger partial charge in [0.2, 0.25) is 6.79 Å². The van der Waals surface area contributed by atoms with Gasteiger partial charge in [0.05, 0.1) is 6.54 Å². The third-order valence-electron chi connectivity index (χ3n) is 2.76. The number of aromatic nitrogens is 2. The zero-order valence-electron chi connectivity index (χ0n) is 10.8. The SMILES string of the molecule is CC(C)NCc1noc(-c2ccc3c(c2)OCO3)n1. The summed E-state index contributed by atoms with van der Waals surface area (Å²) in [6, 6.07) is 5.94. The highest BCUT2D eigenvalue weighted by Gasteiger charge is 2.16. The number of rotatable bonds is 4. The minimum atomic E-state index is 0.256. The second-order valence-corrected chi connectivity index (χ2v) is 4.62. The smallest absolute Gasteiger partial charge is 0.258 e. The summed E-state index contributed by atoms with van der Waals surface area (Å²) in [6.45, 7) is 4.98. The lowest BCUT2D eigenvalue weighted by Gasteiger charge is -2.03. The molecule has 0 spiro atoms. The maximum atomic E-state index is 5.32. The minimum absolute atomic E-state index is 0.256. The molecule has 0 fully saturated rings. The number of hydrogen-bond donors (Lipinski definition) is 1. The maximum absolute atomic E-state index is 5.32. The van der Waals surface area contributed by atoms with Gasteiger partial charge in [-0.15, -0.1) is 0 Å². The first-order chi connectivity index (χ1) is 9.22. The average Bonchev–Trinajstić information content (AvgIpc) is 3.04. The first-order valence-electron chi connectivity index (χ1n) is 6.18. The topological polar surface area (TPSA) is 69.4 Å². The molecule has 1 aliphatic heterocycles. The second kappa shape index (κ2) is 4.89. The number of fused-ring (bicyclic) bond motifs is 1. The lowest BCUT2D eigenvalue weighted by molar-refractivity contribution is 0.174. The Kier molecular flexibility index (Phi) is 3.08. The molecule has 3 rings (SSSR count). The molecule has 0 saturated heterocycles. The molecule has 6 heteroatoms. The molecule has 0 unspecified atom stereocenters. The molecule has 1 aromatic heterocycles. The highest BCUT2D eigenvalue weighted by atomic mass is 16.7. The predicted octanol–water partition coefficient (Wildman–Crippen LogP) is 1.96. The van der Waals surface area contributed by atoms with Crippen molar-refractivity contribution in [1.82, 2.24) is 15.5 Å². The molecule has 6 nitrogen and oxygen atoms in total. The number of ether oxygens (including phenoxy) is 2. The first kappa shape index (κ1) is 12.0. The van der Waals surface area contributed by atoms with E-state index in [0.29, 0.717) is 30.1 Å². The normalized spacial score (nSPS) is 13.2. The van der Waals surface area contributed by atoms with Crippen molar-refractivity contribution in [2.24, 2.45) is 0 Å². The highest BCUT2D eigenvalue weighted by Crippen LogP contribution is 2.35. The molecule has 2 heterocycles. The van der Waals surface area contributed by atoms with Crippen LogP contribution in [0.5, 0.6) is 11.5 Å². The Balaban J connectivity index is 1.79. The first-order valence-corrected chi connectivity index (χ1v) is 6.18. The summed E-state index contributed by atoms with van der Waals surface area (Å²) in [5.74, 6) is 2.57. The predicted molar refractivity (Wildman–Crippen MR) is 67.8 cm³/mol. The van der Waals surface area contributed by atoms with Gasteiger partial charge >= 0.3 is 0 Å². The van der Waals surface area contributed by atoms with Crippen LogP contribution >= 0.6 is 0 Å². The largest absolute Gasteiger partial charge is 0.454 e. The van der Waals surface area contributed by atoms with Crippen molar-refractivity contribution < 1.29 is 14.0 Å². The van der Waals surface area contributed by atoms with Crippen LogP contribution in [0.15, 0.2) is 22.7 Å². The lowest BCUT2D eigenvalue weighted by Crippen LogP contribution is -2.22. The fraction of sp³-hybridized carbons (Fsp3) is 0.385. The van der Waals surface area contributed by atoms with Gasteiger partial charge in [-0.2, -0.15) is 4.98 Å². The Morgan fingerprint density at radius 1 is 1.26 bits per heavy atom. The van der Waals surface area contributed by atoms with Crippen LogP contribution in [-0.4, -0.2) is 23.0 Å². The summed E-state index contributed by atoms with van der Waals surface area (Å²) in [4.78, 5) is 4.34. The molecule has 19 heavy (non-hydrogen) atoms. The van der Waals surface area contributed by atoms with Gasteiger partial charge in [0.1, 0.15) is 0 Å². The third-order valence-corrected chi connectivity index (χ3v) is 2.76. The maximum Gasteiger partial charge on any atom is 0.258 e. The molecular formula is C13H15N3O3. The van der Waals surface area contributed by atoms with Crippen molar-refractivity contribution in [2.75, 3.05) is 6.79 Å². The summed E-state index contributed by atoms with van der Waals surface area (Å²) in [6.07, 6.45) is 0. The summed E-state index contributed by atoms with van der Waals surface area (Å²) in [5.41, 5.74) is 0.826. The van der Waals surface area contributed by atoms with E-state index in [1.165, 1.54) is 0 Å². The summed E-state index contributed by atoms with van der Waals surface area (Å²) < 4.78 is 15.8. The molecule has 0 aliphatic carbocycles. The van der Waals surface area contributed by atoms with Gasteiger partial charge in [-0.1, -0.05) is 19.0 Å². The lowest BCUT2D eigenvalue weighted by atomic mass is 10.2. The van der Waals surface area contributed by atoms with E-state index in [4.69, 9.17) is 14.0 Å². The molecular weight excluding hydrogens is 246 g/mol. The molecule has 1 aliphatic rings. The van der Waals surface area contributed by atoms with Crippen molar-refractivity contribution >= 4 is 0 Å². The van der Waals surface area contributed by atoms with Crippen LogP contribution in [0.4, 0.5) is 0 Å². The number of nitrogens with zero attached hydrogens (tertiary/aromatic N) is 2. The van der Waals surface area contributed by atoms with Crippen LogP contribution in [-0.2, 0) is 6.54 Å². The van der Waals surface area contributed by atoms with E-state index in [1.54, 1.807) is 0 Å². The average molecular weight is 261 g/mol. The van der Waals surface area contributed by atoms with E-state index in [0.717, 1.165) is 11.3 Å². The third kappa shape index (κ3) is 2.53.